The number of benzene rings is 2. The van der Waals surface area contributed by atoms with Gasteiger partial charge in [-0.05, 0) is 49.0 Å². The molecule has 150 valence electrons. The lowest BCUT2D eigenvalue weighted by Crippen LogP contribution is -2.44. The summed E-state index contributed by atoms with van der Waals surface area (Å²) in [7, 11) is 3.62. The number of imide groups is 1. The van der Waals surface area contributed by atoms with E-state index in [0.717, 1.165) is 42.5 Å². The SMILES string of the molecule is CN1CCN(c2ccc(NC3=C(c4ccc(Cl)cc4)C(=O)N(C)C3=O)cc2)CC1. The minimum atomic E-state index is -0.344. The van der Waals surface area contributed by atoms with E-state index in [9.17, 15) is 9.59 Å². The highest BCUT2D eigenvalue weighted by molar-refractivity contribution is 6.36. The number of nitrogens with zero attached hydrogens (tertiary/aromatic N) is 3. The van der Waals surface area contributed by atoms with Crippen molar-refractivity contribution in [2.75, 3.05) is 50.5 Å². The van der Waals surface area contributed by atoms with E-state index >= 15 is 0 Å². The Bertz CT molecular complexity index is 961. The van der Waals surface area contributed by atoms with Crippen LogP contribution in [0.15, 0.2) is 54.2 Å². The molecule has 2 aliphatic heterocycles. The number of carbonyl (C=O) groups excluding carboxylic acids is 2. The van der Waals surface area contributed by atoms with Gasteiger partial charge in [-0.15, -0.1) is 0 Å². The van der Waals surface area contributed by atoms with Gasteiger partial charge in [0.2, 0.25) is 0 Å². The number of likely N-dealkylation sites (N-methyl/N-ethyl adjacent to an activating group) is 2. The Morgan fingerprint density at radius 2 is 1.45 bits per heavy atom. The maximum atomic E-state index is 12.7. The molecule has 0 unspecified atom stereocenters. The van der Waals surface area contributed by atoms with Crippen LogP contribution in [-0.4, -0.2) is 61.9 Å². The van der Waals surface area contributed by atoms with Gasteiger partial charge in [0.15, 0.2) is 0 Å². The van der Waals surface area contributed by atoms with Crippen molar-refractivity contribution in [3.05, 3.63) is 64.8 Å². The van der Waals surface area contributed by atoms with Crippen LogP contribution in [-0.2, 0) is 9.59 Å². The second-order valence-corrected chi connectivity index (χ2v) is 7.82. The molecule has 0 bridgehead atoms. The molecule has 0 radical (unpaired) electrons. The summed E-state index contributed by atoms with van der Waals surface area (Å²) < 4.78 is 0. The van der Waals surface area contributed by atoms with Crippen molar-refractivity contribution in [3.8, 4) is 0 Å². The zero-order chi connectivity index (χ0) is 20.5. The summed E-state index contributed by atoms with van der Waals surface area (Å²) in [5.74, 6) is -0.669. The molecule has 7 heteroatoms. The molecule has 2 heterocycles. The fraction of sp³-hybridized carbons (Fsp3) is 0.273. The first-order valence-corrected chi connectivity index (χ1v) is 9.95. The number of amides is 2. The van der Waals surface area contributed by atoms with Crippen molar-refractivity contribution in [2.24, 2.45) is 0 Å². The van der Waals surface area contributed by atoms with Gasteiger partial charge in [0.25, 0.3) is 11.8 Å². The first kappa shape index (κ1) is 19.5. The number of hydrogen-bond donors (Lipinski definition) is 1. The van der Waals surface area contributed by atoms with E-state index in [2.05, 4.69) is 22.2 Å². The van der Waals surface area contributed by atoms with Gasteiger partial charge < -0.3 is 15.1 Å². The molecule has 0 atom stereocenters. The smallest absolute Gasteiger partial charge is 0.277 e. The van der Waals surface area contributed by atoms with E-state index in [1.165, 1.54) is 7.05 Å². The third kappa shape index (κ3) is 3.86. The predicted octanol–water partition coefficient (Wildman–Crippen LogP) is 2.91. The van der Waals surface area contributed by atoms with Crippen LogP contribution in [0.1, 0.15) is 5.56 Å². The minimum absolute atomic E-state index is 0.284. The standard InChI is InChI=1S/C22H23ClN4O2/c1-25-11-13-27(14-12-25)18-9-7-17(8-10-18)24-20-19(21(28)26(2)22(20)29)15-3-5-16(23)6-4-15/h3-10,24H,11-14H2,1-2H3. The van der Waals surface area contributed by atoms with E-state index in [1.54, 1.807) is 24.3 Å². The molecule has 2 aromatic carbocycles. The molecule has 0 saturated carbocycles. The number of halogens is 1. The molecule has 2 aliphatic rings. The molecular formula is C22H23ClN4O2. The third-order valence-electron chi connectivity index (χ3n) is 5.42. The van der Waals surface area contributed by atoms with E-state index in [0.29, 0.717) is 16.2 Å². The van der Waals surface area contributed by atoms with E-state index in [-0.39, 0.29) is 17.5 Å². The van der Waals surface area contributed by atoms with E-state index in [4.69, 9.17) is 11.6 Å². The van der Waals surface area contributed by atoms with Crippen molar-refractivity contribution in [2.45, 2.75) is 0 Å². The molecule has 2 amide bonds. The second-order valence-electron chi connectivity index (χ2n) is 7.39. The van der Waals surface area contributed by atoms with Gasteiger partial charge in [0.1, 0.15) is 5.70 Å². The summed E-state index contributed by atoms with van der Waals surface area (Å²) in [6, 6.07) is 14.9. The number of hydrogen-bond acceptors (Lipinski definition) is 5. The highest BCUT2D eigenvalue weighted by Crippen LogP contribution is 2.30. The average molecular weight is 411 g/mol. The van der Waals surface area contributed by atoms with Crippen LogP contribution in [0.4, 0.5) is 11.4 Å². The number of piperazine rings is 1. The fourth-order valence-corrected chi connectivity index (χ4v) is 3.73. The summed E-state index contributed by atoms with van der Waals surface area (Å²) in [5.41, 5.74) is 3.22. The second kappa shape index (κ2) is 7.89. The maximum Gasteiger partial charge on any atom is 0.277 e. The van der Waals surface area contributed by atoms with Crippen LogP contribution >= 0.6 is 11.6 Å². The molecule has 1 fully saturated rings. The van der Waals surface area contributed by atoms with Crippen molar-refractivity contribution >= 4 is 40.4 Å². The molecule has 1 N–H and O–H groups in total. The molecule has 1 saturated heterocycles. The average Bonchev–Trinajstić information content (AvgIpc) is 2.94. The van der Waals surface area contributed by atoms with Crippen LogP contribution in [0.3, 0.4) is 0 Å². The number of anilines is 2. The van der Waals surface area contributed by atoms with Gasteiger partial charge >= 0.3 is 0 Å². The lowest BCUT2D eigenvalue weighted by atomic mass is 10.0. The van der Waals surface area contributed by atoms with Crippen molar-refractivity contribution < 1.29 is 9.59 Å². The molecule has 0 aromatic heterocycles. The quantitative estimate of drug-likeness (QED) is 0.785. The Labute approximate surface area is 175 Å². The third-order valence-corrected chi connectivity index (χ3v) is 5.68. The van der Waals surface area contributed by atoms with E-state index < -0.39 is 0 Å². The Kier molecular flexibility index (Phi) is 5.30. The van der Waals surface area contributed by atoms with Crippen LogP contribution in [0.25, 0.3) is 5.57 Å². The molecule has 29 heavy (non-hydrogen) atoms. The maximum absolute atomic E-state index is 12.7. The van der Waals surface area contributed by atoms with Crippen LogP contribution in [0, 0.1) is 0 Å². The summed E-state index contributed by atoms with van der Waals surface area (Å²) in [5, 5.41) is 3.74. The minimum Gasteiger partial charge on any atom is -0.369 e. The Hall–Kier alpha value is -2.83. The Morgan fingerprint density at radius 3 is 2.07 bits per heavy atom. The van der Waals surface area contributed by atoms with Gasteiger partial charge in [-0.3, -0.25) is 14.5 Å². The Balaban J connectivity index is 1.59. The highest BCUT2D eigenvalue weighted by atomic mass is 35.5. The largest absolute Gasteiger partial charge is 0.369 e. The van der Waals surface area contributed by atoms with Gasteiger partial charge in [-0.25, -0.2) is 0 Å². The van der Waals surface area contributed by atoms with Crippen LogP contribution in [0.2, 0.25) is 5.02 Å². The van der Waals surface area contributed by atoms with Crippen LogP contribution in [0.5, 0.6) is 0 Å². The van der Waals surface area contributed by atoms with Gasteiger partial charge in [-0.2, -0.15) is 0 Å². The van der Waals surface area contributed by atoms with E-state index in [1.807, 2.05) is 24.3 Å². The van der Waals surface area contributed by atoms with Gasteiger partial charge in [0.05, 0.1) is 5.57 Å². The first-order chi connectivity index (χ1) is 13.9. The highest BCUT2D eigenvalue weighted by Gasteiger charge is 2.36. The number of carbonyl (C=O) groups is 2. The van der Waals surface area contributed by atoms with Gasteiger partial charge in [-0.1, -0.05) is 23.7 Å². The number of nitrogens with one attached hydrogen (secondary N) is 1. The summed E-state index contributed by atoms with van der Waals surface area (Å²) in [4.78, 5) is 31.1. The van der Waals surface area contributed by atoms with Crippen molar-refractivity contribution in [1.29, 1.82) is 0 Å². The molecule has 4 rings (SSSR count). The zero-order valence-electron chi connectivity index (χ0n) is 16.5. The summed E-state index contributed by atoms with van der Waals surface area (Å²) in [6.45, 7) is 4.07. The summed E-state index contributed by atoms with van der Waals surface area (Å²) in [6.07, 6.45) is 0. The molecule has 2 aromatic rings. The molecule has 0 aliphatic carbocycles. The molecular weight excluding hydrogens is 388 g/mol. The van der Waals surface area contributed by atoms with Crippen molar-refractivity contribution in [1.82, 2.24) is 9.80 Å². The first-order valence-electron chi connectivity index (χ1n) is 9.57. The lowest BCUT2D eigenvalue weighted by Gasteiger charge is -2.34. The Morgan fingerprint density at radius 1 is 0.828 bits per heavy atom. The fourth-order valence-electron chi connectivity index (χ4n) is 3.61. The number of rotatable bonds is 4. The molecule has 6 nitrogen and oxygen atoms in total. The zero-order valence-corrected chi connectivity index (χ0v) is 17.2. The predicted molar refractivity (Wildman–Crippen MR) is 116 cm³/mol. The van der Waals surface area contributed by atoms with Crippen molar-refractivity contribution in [3.63, 3.8) is 0 Å². The monoisotopic (exact) mass is 410 g/mol. The normalized spacial score (nSPS) is 18.0. The van der Waals surface area contributed by atoms with Crippen LogP contribution < -0.4 is 10.2 Å². The lowest BCUT2D eigenvalue weighted by molar-refractivity contribution is -0.135. The topological polar surface area (TPSA) is 55.9 Å². The van der Waals surface area contributed by atoms with Gasteiger partial charge in [0, 0.05) is 49.6 Å². The summed E-state index contributed by atoms with van der Waals surface area (Å²) >= 11 is 5.96. The molecule has 0 spiro atoms.